The average molecular weight is 351 g/mol. The number of guanidine groups is 1. The van der Waals surface area contributed by atoms with Crippen molar-refractivity contribution < 1.29 is 0 Å². The van der Waals surface area contributed by atoms with E-state index in [0.717, 1.165) is 24.2 Å². The summed E-state index contributed by atoms with van der Waals surface area (Å²) < 4.78 is 0. The van der Waals surface area contributed by atoms with Gasteiger partial charge in [0.05, 0.1) is 5.69 Å². The number of benzene rings is 4. The quantitative estimate of drug-likeness (QED) is 0.400. The van der Waals surface area contributed by atoms with Gasteiger partial charge in [0.2, 0.25) is 5.96 Å². The third-order valence-corrected chi connectivity index (χ3v) is 5.56. The van der Waals surface area contributed by atoms with E-state index < -0.39 is 0 Å². The summed E-state index contributed by atoms with van der Waals surface area (Å²) in [6.07, 6.45) is 2.11. The van der Waals surface area contributed by atoms with Gasteiger partial charge in [-0.1, -0.05) is 54.6 Å². The maximum Gasteiger partial charge on any atom is 0.200 e. The molecule has 4 aromatic carbocycles. The van der Waals surface area contributed by atoms with Gasteiger partial charge in [-0.2, -0.15) is 0 Å². The molecule has 3 heteroatoms. The lowest BCUT2D eigenvalue weighted by molar-refractivity contribution is 1.02. The minimum atomic E-state index is 0.505. The third-order valence-electron chi connectivity index (χ3n) is 5.56. The molecule has 1 aliphatic carbocycles. The first-order valence-electron chi connectivity index (χ1n) is 9.31. The van der Waals surface area contributed by atoms with Crippen LogP contribution in [0.15, 0.2) is 77.8 Å². The van der Waals surface area contributed by atoms with E-state index in [4.69, 9.17) is 10.7 Å². The SMILES string of the molecule is CN(C(N)=Nc1ccc2cccc3c2c1CC3)c1ccc2ccccc2c1. The average Bonchev–Trinajstić information content (AvgIpc) is 3.15. The first-order valence-corrected chi connectivity index (χ1v) is 9.31. The van der Waals surface area contributed by atoms with Crippen LogP contribution in [0.2, 0.25) is 0 Å². The molecule has 0 radical (unpaired) electrons. The monoisotopic (exact) mass is 351 g/mol. The zero-order chi connectivity index (χ0) is 18.4. The molecule has 0 fully saturated rings. The molecule has 132 valence electrons. The minimum absolute atomic E-state index is 0.505. The van der Waals surface area contributed by atoms with Crippen LogP contribution in [0.5, 0.6) is 0 Å². The fourth-order valence-corrected chi connectivity index (χ4v) is 4.07. The highest BCUT2D eigenvalue weighted by molar-refractivity contribution is 6.00. The van der Waals surface area contributed by atoms with Crippen molar-refractivity contribution >= 4 is 38.9 Å². The van der Waals surface area contributed by atoms with E-state index in [1.807, 2.05) is 11.9 Å². The van der Waals surface area contributed by atoms with Crippen molar-refractivity contribution in [1.82, 2.24) is 0 Å². The first kappa shape index (κ1) is 15.9. The summed E-state index contributed by atoms with van der Waals surface area (Å²) >= 11 is 0. The van der Waals surface area contributed by atoms with Gasteiger partial charge in [-0.3, -0.25) is 0 Å². The van der Waals surface area contributed by atoms with Crippen molar-refractivity contribution in [2.45, 2.75) is 12.8 Å². The summed E-state index contributed by atoms with van der Waals surface area (Å²) in [6, 6.07) is 25.5. The van der Waals surface area contributed by atoms with Crippen LogP contribution < -0.4 is 10.6 Å². The van der Waals surface area contributed by atoms with Gasteiger partial charge in [-0.15, -0.1) is 0 Å². The lowest BCUT2D eigenvalue weighted by atomic mass is 10.0. The predicted octanol–water partition coefficient (Wildman–Crippen LogP) is 5.17. The van der Waals surface area contributed by atoms with Gasteiger partial charge in [0.1, 0.15) is 0 Å². The Bertz CT molecular complexity index is 1210. The zero-order valence-corrected chi connectivity index (χ0v) is 15.3. The van der Waals surface area contributed by atoms with E-state index in [1.54, 1.807) is 0 Å². The molecule has 0 aromatic heterocycles. The molecular weight excluding hydrogens is 330 g/mol. The number of fused-ring (bicyclic) bond motifs is 1. The van der Waals surface area contributed by atoms with Gasteiger partial charge in [0, 0.05) is 12.7 Å². The Morgan fingerprint density at radius 3 is 2.52 bits per heavy atom. The van der Waals surface area contributed by atoms with Crippen LogP contribution in [0.1, 0.15) is 11.1 Å². The molecule has 1 aliphatic rings. The molecule has 2 N–H and O–H groups in total. The molecule has 0 saturated heterocycles. The fourth-order valence-electron chi connectivity index (χ4n) is 4.07. The largest absolute Gasteiger partial charge is 0.369 e. The number of aryl methyl sites for hydroxylation is 2. The summed E-state index contributed by atoms with van der Waals surface area (Å²) in [5, 5.41) is 5.07. The van der Waals surface area contributed by atoms with Crippen molar-refractivity contribution in [1.29, 1.82) is 0 Å². The summed E-state index contributed by atoms with van der Waals surface area (Å²) in [6.45, 7) is 0. The van der Waals surface area contributed by atoms with Gasteiger partial charge in [-0.25, -0.2) is 4.99 Å². The number of hydrogen-bond acceptors (Lipinski definition) is 1. The van der Waals surface area contributed by atoms with E-state index in [-0.39, 0.29) is 0 Å². The second-order valence-electron chi connectivity index (χ2n) is 7.14. The number of rotatable bonds is 2. The summed E-state index contributed by atoms with van der Waals surface area (Å²) in [5.41, 5.74) is 11.1. The number of aliphatic imine (C=N–C) groups is 1. The Morgan fingerprint density at radius 1 is 0.852 bits per heavy atom. The van der Waals surface area contributed by atoms with Crippen molar-refractivity contribution in [3.8, 4) is 0 Å². The highest BCUT2D eigenvalue weighted by atomic mass is 15.2. The van der Waals surface area contributed by atoms with Gasteiger partial charge in [-0.05, 0) is 63.7 Å². The molecule has 0 saturated carbocycles. The molecule has 0 unspecified atom stereocenters. The molecule has 27 heavy (non-hydrogen) atoms. The van der Waals surface area contributed by atoms with E-state index in [9.17, 15) is 0 Å². The predicted molar refractivity (Wildman–Crippen MR) is 115 cm³/mol. The number of nitrogens with zero attached hydrogens (tertiary/aromatic N) is 2. The van der Waals surface area contributed by atoms with Crippen molar-refractivity contribution in [3.63, 3.8) is 0 Å². The maximum absolute atomic E-state index is 6.39. The Balaban J connectivity index is 1.54. The van der Waals surface area contributed by atoms with Gasteiger partial charge >= 0.3 is 0 Å². The highest BCUT2D eigenvalue weighted by Crippen LogP contribution is 2.37. The fraction of sp³-hybridized carbons (Fsp3) is 0.125. The van der Waals surface area contributed by atoms with E-state index in [0.29, 0.717) is 5.96 Å². The van der Waals surface area contributed by atoms with E-state index in [2.05, 4.69) is 72.8 Å². The molecule has 0 heterocycles. The van der Waals surface area contributed by atoms with Gasteiger partial charge in [0.15, 0.2) is 0 Å². The molecule has 0 atom stereocenters. The summed E-state index contributed by atoms with van der Waals surface area (Å²) in [4.78, 5) is 6.74. The van der Waals surface area contributed by atoms with Crippen LogP contribution in [-0.4, -0.2) is 13.0 Å². The number of hydrogen-bond donors (Lipinski definition) is 1. The minimum Gasteiger partial charge on any atom is -0.369 e. The second-order valence-corrected chi connectivity index (χ2v) is 7.14. The Labute approximate surface area is 158 Å². The van der Waals surface area contributed by atoms with Crippen molar-refractivity contribution in [3.05, 3.63) is 83.9 Å². The third kappa shape index (κ3) is 2.63. The van der Waals surface area contributed by atoms with E-state index >= 15 is 0 Å². The Kier molecular flexibility index (Phi) is 3.61. The van der Waals surface area contributed by atoms with Gasteiger partial charge in [0.25, 0.3) is 0 Å². The van der Waals surface area contributed by atoms with Crippen LogP contribution in [0.3, 0.4) is 0 Å². The molecule has 0 amide bonds. The molecule has 5 rings (SSSR count). The van der Waals surface area contributed by atoms with Crippen LogP contribution >= 0.6 is 0 Å². The molecule has 0 aliphatic heterocycles. The standard InChI is InChI=1S/C24H21N3/c1-27(20-12-9-16-5-2-3-6-19(16)15-20)24(25)26-22-14-11-18-8-4-7-17-10-13-21(22)23(17)18/h2-9,11-12,14-15H,10,13H2,1H3,(H2,25,26). The molecular formula is C24H21N3. The van der Waals surface area contributed by atoms with Crippen LogP contribution in [0, 0.1) is 0 Å². The van der Waals surface area contributed by atoms with E-state index in [1.165, 1.54) is 32.7 Å². The highest BCUT2D eigenvalue weighted by Gasteiger charge is 2.18. The first-order chi connectivity index (χ1) is 13.2. The zero-order valence-electron chi connectivity index (χ0n) is 15.3. The van der Waals surface area contributed by atoms with Crippen LogP contribution in [-0.2, 0) is 12.8 Å². The maximum atomic E-state index is 6.39. The lowest BCUT2D eigenvalue weighted by Gasteiger charge is -2.19. The molecule has 3 nitrogen and oxygen atoms in total. The lowest BCUT2D eigenvalue weighted by Crippen LogP contribution is -2.33. The van der Waals surface area contributed by atoms with Gasteiger partial charge < -0.3 is 10.6 Å². The van der Waals surface area contributed by atoms with Crippen LogP contribution in [0.4, 0.5) is 11.4 Å². The number of anilines is 1. The smallest absolute Gasteiger partial charge is 0.200 e. The molecule has 4 aromatic rings. The van der Waals surface area contributed by atoms with Crippen molar-refractivity contribution in [2.24, 2.45) is 10.7 Å². The van der Waals surface area contributed by atoms with Crippen LogP contribution in [0.25, 0.3) is 21.5 Å². The molecule has 0 bridgehead atoms. The summed E-state index contributed by atoms with van der Waals surface area (Å²) in [7, 11) is 1.97. The summed E-state index contributed by atoms with van der Waals surface area (Å²) in [5.74, 6) is 0.505. The second kappa shape index (κ2) is 6.13. The Hall–Kier alpha value is -3.33. The normalized spacial score (nSPS) is 13.4. The Morgan fingerprint density at radius 2 is 1.63 bits per heavy atom. The topological polar surface area (TPSA) is 41.6 Å². The number of nitrogens with two attached hydrogens (primary N) is 1. The van der Waals surface area contributed by atoms with Crippen molar-refractivity contribution in [2.75, 3.05) is 11.9 Å². The molecule has 0 spiro atoms.